The Bertz CT molecular complexity index is 1410. The van der Waals surface area contributed by atoms with Crippen molar-refractivity contribution in [3.8, 4) is 0 Å². The van der Waals surface area contributed by atoms with Crippen LogP contribution in [0.1, 0.15) is 82.3 Å². The molecule has 4 aliphatic rings. The fraction of sp³-hybridized carbons (Fsp3) is 0.576. The van der Waals surface area contributed by atoms with E-state index < -0.39 is 40.9 Å². The van der Waals surface area contributed by atoms with Gasteiger partial charge < -0.3 is 20.3 Å². The van der Waals surface area contributed by atoms with E-state index >= 15 is 4.39 Å². The molecule has 2 spiro atoms. The predicted octanol–water partition coefficient (Wildman–Crippen LogP) is 6.78. The molecule has 42 heavy (non-hydrogen) atoms. The summed E-state index contributed by atoms with van der Waals surface area (Å²) in [6.45, 7) is 4.10. The summed E-state index contributed by atoms with van der Waals surface area (Å²) in [5.74, 6) is -4.01. The number of ketones is 1. The van der Waals surface area contributed by atoms with Crippen molar-refractivity contribution in [3.05, 3.63) is 63.4 Å². The Kier molecular flexibility index (Phi) is 7.54. The Morgan fingerprint density at radius 3 is 2.52 bits per heavy atom. The first-order chi connectivity index (χ1) is 19.8. The van der Waals surface area contributed by atoms with Crippen molar-refractivity contribution in [2.24, 2.45) is 22.7 Å². The van der Waals surface area contributed by atoms with Crippen molar-refractivity contribution in [1.82, 2.24) is 0 Å². The largest absolute Gasteiger partial charge is 0.391 e. The highest BCUT2D eigenvalue weighted by Crippen LogP contribution is 2.72. The van der Waals surface area contributed by atoms with Gasteiger partial charge >= 0.3 is 0 Å². The van der Waals surface area contributed by atoms with Crippen molar-refractivity contribution in [1.29, 1.82) is 0 Å². The van der Waals surface area contributed by atoms with Gasteiger partial charge in [0.05, 0.1) is 23.7 Å². The molecule has 226 valence electrons. The van der Waals surface area contributed by atoms with E-state index in [-0.39, 0.29) is 53.1 Å². The Labute approximate surface area is 255 Å². The quantitative estimate of drug-likeness (QED) is 0.344. The summed E-state index contributed by atoms with van der Waals surface area (Å²) < 4.78 is 21.6. The molecule has 3 fully saturated rings. The first kappa shape index (κ1) is 30.0. The number of ether oxygens (including phenoxy) is 1. The van der Waals surface area contributed by atoms with Crippen LogP contribution >= 0.6 is 23.2 Å². The third-order valence-corrected chi connectivity index (χ3v) is 11.4. The van der Waals surface area contributed by atoms with Crippen LogP contribution in [0.2, 0.25) is 10.0 Å². The summed E-state index contributed by atoms with van der Waals surface area (Å²) in [4.78, 5) is 29.0. The van der Waals surface area contributed by atoms with E-state index in [9.17, 15) is 19.8 Å². The van der Waals surface area contributed by atoms with Gasteiger partial charge in [0.2, 0.25) is 5.91 Å². The van der Waals surface area contributed by atoms with E-state index in [0.29, 0.717) is 23.6 Å². The van der Waals surface area contributed by atoms with Crippen LogP contribution in [0.3, 0.4) is 0 Å². The van der Waals surface area contributed by atoms with E-state index in [1.165, 1.54) is 6.07 Å². The number of anilines is 1. The third-order valence-electron chi connectivity index (χ3n) is 10.9. The van der Waals surface area contributed by atoms with Gasteiger partial charge in [-0.3, -0.25) is 9.59 Å². The number of carbonyl (C=O) groups excluding carboxylic acids is 2. The van der Waals surface area contributed by atoms with E-state index in [2.05, 4.69) is 19.2 Å². The van der Waals surface area contributed by atoms with Crippen LogP contribution in [0.15, 0.2) is 36.4 Å². The highest BCUT2D eigenvalue weighted by molar-refractivity contribution is 6.31. The van der Waals surface area contributed by atoms with Crippen LogP contribution in [0.5, 0.6) is 0 Å². The fourth-order valence-corrected chi connectivity index (χ4v) is 8.92. The number of halogens is 3. The van der Waals surface area contributed by atoms with Gasteiger partial charge in [0.15, 0.2) is 5.79 Å². The van der Waals surface area contributed by atoms with Crippen LogP contribution in [-0.4, -0.2) is 40.9 Å². The van der Waals surface area contributed by atoms with Crippen molar-refractivity contribution in [2.45, 2.75) is 82.3 Å². The molecule has 1 amide bonds. The number of carbonyl (C=O) groups is 2. The van der Waals surface area contributed by atoms with Crippen molar-refractivity contribution >= 4 is 40.6 Å². The highest BCUT2D eigenvalue weighted by Gasteiger charge is 2.72. The average molecular weight is 619 g/mol. The lowest BCUT2D eigenvalue weighted by Crippen LogP contribution is -2.52. The Morgan fingerprint density at radius 1 is 1.12 bits per heavy atom. The maximum Gasteiger partial charge on any atom is 0.236 e. The summed E-state index contributed by atoms with van der Waals surface area (Å²) >= 11 is 12.7. The molecule has 0 aromatic heterocycles. The second kappa shape index (κ2) is 10.6. The molecule has 0 bridgehead atoms. The van der Waals surface area contributed by atoms with E-state index in [1.54, 1.807) is 24.3 Å². The van der Waals surface area contributed by atoms with Crippen molar-refractivity contribution in [3.63, 3.8) is 0 Å². The summed E-state index contributed by atoms with van der Waals surface area (Å²) in [5, 5.41) is 23.3. The number of aliphatic hydroxyl groups excluding tert-OH is 1. The van der Waals surface area contributed by atoms with Crippen LogP contribution < -0.4 is 5.32 Å². The summed E-state index contributed by atoms with van der Waals surface area (Å²) in [6.07, 6.45) is 4.59. The number of hydrogen-bond donors (Lipinski definition) is 3. The molecule has 3 N–H and O–H groups in total. The zero-order valence-electron chi connectivity index (χ0n) is 24.0. The SMILES string of the molecule is CC1(C)CCC2(CC1)C[C@@H](C(=O)C[C@@H]1CC[C@](O)(CO)OC1)[C@H](c1cccc(Cl)c1F)[C@]21C(=O)Nc2cc(Cl)ccc21. The number of nitrogens with one attached hydrogen (secondary N) is 1. The monoisotopic (exact) mass is 617 g/mol. The molecule has 1 saturated heterocycles. The van der Waals surface area contributed by atoms with Crippen LogP contribution in [0, 0.1) is 28.5 Å². The fourth-order valence-electron chi connectivity index (χ4n) is 8.57. The van der Waals surface area contributed by atoms with E-state index in [1.807, 2.05) is 6.07 Å². The zero-order valence-corrected chi connectivity index (χ0v) is 25.5. The van der Waals surface area contributed by atoms with Gasteiger partial charge in [-0.2, -0.15) is 0 Å². The highest BCUT2D eigenvalue weighted by atomic mass is 35.5. The molecular weight excluding hydrogens is 580 g/mol. The number of benzene rings is 2. The van der Waals surface area contributed by atoms with Crippen molar-refractivity contribution in [2.75, 3.05) is 18.5 Å². The number of Topliss-reactive ketones (excluding diaryl/α,β-unsaturated/α-hetero) is 1. The third kappa shape index (κ3) is 4.62. The van der Waals surface area contributed by atoms with Crippen LogP contribution in [0.4, 0.5) is 10.1 Å². The second-order valence-corrected chi connectivity index (χ2v) is 14.7. The predicted molar refractivity (Wildman–Crippen MR) is 159 cm³/mol. The normalized spacial score (nSPS) is 33.1. The molecular formula is C33H38Cl2FNO5. The molecule has 2 saturated carbocycles. The number of rotatable bonds is 5. The minimum absolute atomic E-state index is 0.0429. The molecule has 2 aromatic carbocycles. The Hall–Kier alpha value is -2.03. The molecule has 2 heterocycles. The van der Waals surface area contributed by atoms with E-state index in [0.717, 1.165) is 31.2 Å². The van der Waals surface area contributed by atoms with Gasteiger partial charge in [0.1, 0.15) is 11.6 Å². The summed E-state index contributed by atoms with van der Waals surface area (Å²) in [5.41, 5.74) is -0.00520. The molecule has 5 atom stereocenters. The van der Waals surface area contributed by atoms with Gasteiger partial charge in [-0.15, -0.1) is 0 Å². The lowest BCUT2D eigenvalue weighted by atomic mass is 9.51. The molecule has 9 heteroatoms. The maximum atomic E-state index is 16.1. The van der Waals surface area contributed by atoms with Gasteiger partial charge in [0.25, 0.3) is 0 Å². The molecule has 2 aromatic rings. The standard InChI is InChI=1S/C33H38Cl2FNO5/c1-30(2)10-12-31(13-11-30)16-22(26(39)14-19-8-9-32(41,18-38)42-17-19)27(21-4-3-5-24(35)28(21)36)33(31)23-7-6-20(34)15-25(23)37-29(33)40/h3-7,15,19,22,27,38,41H,8-14,16-18H2,1-2H3,(H,37,40)/t19-,22-,27-,32+,33+/m0/s1. The lowest BCUT2D eigenvalue weighted by Gasteiger charge is -2.51. The van der Waals surface area contributed by atoms with E-state index in [4.69, 9.17) is 27.9 Å². The van der Waals surface area contributed by atoms with Crippen LogP contribution in [0.25, 0.3) is 0 Å². The zero-order chi connectivity index (χ0) is 30.1. The minimum atomic E-state index is -1.59. The number of fused-ring (bicyclic) bond motifs is 3. The maximum absolute atomic E-state index is 16.1. The summed E-state index contributed by atoms with van der Waals surface area (Å²) in [6, 6.07) is 10.2. The lowest BCUT2D eigenvalue weighted by molar-refractivity contribution is -0.253. The Balaban J connectivity index is 1.50. The topological polar surface area (TPSA) is 95.9 Å². The molecule has 6 rings (SSSR count). The van der Waals surface area contributed by atoms with Gasteiger partial charge in [-0.05, 0) is 84.6 Å². The second-order valence-electron chi connectivity index (χ2n) is 13.8. The summed E-state index contributed by atoms with van der Waals surface area (Å²) in [7, 11) is 0. The first-order valence-electron chi connectivity index (χ1n) is 14.9. The Morgan fingerprint density at radius 2 is 1.86 bits per heavy atom. The van der Waals surface area contributed by atoms with Gasteiger partial charge in [-0.25, -0.2) is 4.39 Å². The average Bonchev–Trinajstić information content (AvgIpc) is 3.41. The number of amides is 1. The van der Waals surface area contributed by atoms with Crippen molar-refractivity contribution < 1.29 is 28.9 Å². The first-order valence-corrected chi connectivity index (χ1v) is 15.7. The number of aliphatic hydroxyl groups is 2. The van der Waals surface area contributed by atoms with Crippen LogP contribution in [-0.2, 0) is 19.7 Å². The molecule has 2 aliphatic heterocycles. The number of hydrogen-bond acceptors (Lipinski definition) is 5. The minimum Gasteiger partial charge on any atom is -0.391 e. The van der Waals surface area contributed by atoms with Gasteiger partial charge in [0, 0.05) is 35.4 Å². The molecule has 6 nitrogen and oxygen atoms in total. The molecule has 0 unspecified atom stereocenters. The molecule has 2 aliphatic carbocycles. The smallest absolute Gasteiger partial charge is 0.236 e. The van der Waals surface area contributed by atoms with Gasteiger partial charge in [-0.1, -0.05) is 55.2 Å². The molecule has 0 radical (unpaired) electrons.